The van der Waals surface area contributed by atoms with Gasteiger partial charge in [0, 0.05) is 29.8 Å². The number of pyridine rings is 1. The van der Waals surface area contributed by atoms with Crippen molar-refractivity contribution in [2.24, 2.45) is 0 Å². The molecule has 8 heteroatoms. The fourth-order valence-corrected chi connectivity index (χ4v) is 4.95. The molecule has 3 aromatic heterocycles. The summed E-state index contributed by atoms with van der Waals surface area (Å²) >= 11 is 1.30. The van der Waals surface area contributed by atoms with E-state index in [-0.39, 0.29) is 10.7 Å². The number of imidazole rings is 1. The van der Waals surface area contributed by atoms with Crippen LogP contribution in [0.5, 0.6) is 0 Å². The maximum Gasteiger partial charge on any atom is 0.177 e. The van der Waals surface area contributed by atoms with Crippen molar-refractivity contribution >= 4 is 21.2 Å². The Kier molecular flexibility index (Phi) is 4.37. The lowest BCUT2D eigenvalue weighted by Crippen LogP contribution is -1.97. The minimum atomic E-state index is -3.39. The molecular formula is C19H14FN3O2S2. The van der Waals surface area contributed by atoms with E-state index >= 15 is 0 Å². The zero-order valence-electron chi connectivity index (χ0n) is 14.2. The van der Waals surface area contributed by atoms with Gasteiger partial charge in [-0.3, -0.25) is 4.98 Å². The number of aromatic amines is 1. The molecule has 0 amide bonds. The molecule has 136 valence electrons. The molecule has 0 saturated carbocycles. The average Bonchev–Trinajstić information content (AvgIpc) is 3.30. The third-order valence-corrected chi connectivity index (χ3v) is 6.22. The summed E-state index contributed by atoms with van der Waals surface area (Å²) in [4.78, 5) is 12.7. The number of benzene rings is 1. The van der Waals surface area contributed by atoms with Gasteiger partial charge in [0.25, 0.3) is 0 Å². The third kappa shape index (κ3) is 3.41. The number of rotatable bonds is 4. The first kappa shape index (κ1) is 17.6. The van der Waals surface area contributed by atoms with E-state index in [1.165, 1.54) is 29.7 Å². The van der Waals surface area contributed by atoms with Crippen LogP contribution < -0.4 is 0 Å². The Morgan fingerprint density at radius 2 is 1.70 bits per heavy atom. The molecular weight excluding hydrogens is 385 g/mol. The molecule has 0 atom stereocenters. The minimum Gasteiger partial charge on any atom is -0.337 e. The molecule has 0 fully saturated rings. The highest BCUT2D eigenvalue weighted by atomic mass is 32.2. The zero-order valence-corrected chi connectivity index (χ0v) is 15.8. The Bertz CT molecular complexity index is 1200. The molecule has 0 aliphatic rings. The Morgan fingerprint density at radius 3 is 2.37 bits per heavy atom. The largest absolute Gasteiger partial charge is 0.337 e. The third-order valence-electron chi connectivity index (χ3n) is 4.03. The number of aromatic nitrogens is 3. The van der Waals surface area contributed by atoms with Gasteiger partial charge < -0.3 is 4.98 Å². The van der Waals surface area contributed by atoms with Crippen molar-refractivity contribution < 1.29 is 12.8 Å². The van der Waals surface area contributed by atoms with Gasteiger partial charge in [0.1, 0.15) is 11.6 Å². The van der Waals surface area contributed by atoms with E-state index in [0.717, 1.165) is 11.1 Å². The maximum atomic E-state index is 13.3. The van der Waals surface area contributed by atoms with Crippen LogP contribution in [-0.4, -0.2) is 29.6 Å². The molecule has 0 spiro atoms. The Labute approximate surface area is 159 Å². The van der Waals surface area contributed by atoms with Crippen molar-refractivity contribution in [3.05, 3.63) is 66.1 Å². The molecule has 1 N–H and O–H groups in total. The van der Waals surface area contributed by atoms with E-state index in [4.69, 9.17) is 0 Å². The number of hydrogen-bond acceptors (Lipinski definition) is 5. The van der Waals surface area contributed by atoms with Gasteiger partial charge in [0.15, 0.2) is 9.84 Å². The lowest BCUT2D eigenvalue weighted by Gasteiger charge is -2.02. The van der Waals surface area contributed by atoms with Crippen molar-refractivity contribution in [2.75, 3.05) is 6.26 Å². The summed E-state index contributed by atoms with van der Waals surface area (Å²) in [5.74, 6) is 0.120. The SMILES string of the molecule is CS(=O)(=O)c1ccsc1-c1nc(-c2ccc(F)cc2)c(-c2ccncc2)[nH]1. The van der Waals surface area contributed by atoms with Gasteiger partial charge in [-0.2, -0.15) is 0 Å². The van der Waals surface area contributed by atoms with Crippen LogP contribution in [0.4, 0.5) is 4.39 Å². The van der Waals surface area contributed by atoms with Gasteiger partial charge in [0.05, 0.1) is 21.2 Å². The van der Waals surface area contributed by atoms with Crippen LogP contribution in [0.25, 0.3) is 33.2 Å². The summed E-state index contributed by atoms with van der Waals surface area (Å²) in [5.41, 5.74) is 2.90. The maximum absolute atomic E-state index is 13.3. The van der Waals surface area contributed by atoms with E-state index in [1.54, 1.807) is 36.0 Å². The molecule has 0 aliphatic carbocycles. The average molecular weight is 399 g/mol. The molecule has 27 heavy (non-hydrogen) atoms. The summed E-state index contributed by atoms with van der Waals surface area (Å²) in [6.45, 7) is 0. The highest BCUT2D eigenvalue weighted by Crippen LogP contribution is 2.37. The van der Waals surface area contributed by atoms with Crippen molar-refractivity contribution in [3.8, 4) is 33.2 Å². The second-order valence-corrected chi connectivity index (χ2v) is 8.84. The van der Waals surface area contributed by atoms with Crippen LogP contribution >= 0.6 is 11.3 Å². The number of nitrogens with zero attached hydrogens (tertiary/aromatic N) is 2. The Morgan fingerprint density at radius 1 is 1.00 bits per heavy atom. The van der Waals surface area contributed by atoms with Gasteiger partial charge in [-0.1, -0.05) is 0 Å². The van der Waals surface area contributed by atoms with E-state index < -0.39 is 9.84 Å². The van der Waals surface area contributed by atoms with Crippen LogP contribution in [0, 0.1) is 5.82 Å². The molecule has 0 bridgehead atoms. The van der Waals surface area contributed by atoms with Gasteiger partial charge in [-0.25, -0.2) is 17.8 Å². The number of halogens is 1. The fourth-order valence-electron chi connectivity index (χ4n) is 2.79. The smallest absolute Gasteiger partial charge is 0.177 e. The van der Waals surface area contributed by atoms with Gasteiger partial charge in [-0.05, 0) is 47.8 Å². The predicted octanol–water partition coefficient (Wildman–Crippen LogP) is 4.41. The van der Waals surface area contributed by atoms with Crippen molar-refractivity contribution in [1.82, 2.24) is 15.0 Å². The topological polar surface area (TPSA) is 75.7 Å². The minimum absolute atomic E-state index is 0.230. The molecule has 4 rings (SSSR count). The van der Waals surface area contributed by atoms with Crippen LogP contribution in [0.1, 0.15) is 0 Å². The van der Waals surface area contributed by atoms with Crippen molar-refractivity contribution in [2.45, 2.75) is 4.90 Å². The molecule has 4 aromatic rings. The molecule has 3 heterocycles. The molecule has 1 aromatic carbocycles. The van der Waals surface area contributed by atoms with Gasteiger partial charge in [0.2, 0.25) is 0 Å². The number of nitrogens with one attached hydrogen (secondary N) is 1. The van der Waals surface area contributed by atoms with E-state index in [1.807, 2.05) is 12.1 Å². The first-order chi connectivity index (χ1) is 12.9. The summed E-state index contributed by atoms with van der Waals surface area (Å²) in [7, 11) is -3.39. The fraction of sp³-hybridized carbons (Fsp3) is 0.0526. The second-order valence-electron chi connectivity index (χ2n) is 5.94. The monoisotopic (exact) mass is 399 g/mol. The summed E-state index contributed by atoms with van der Waals surface area (Å²) in [6.07, 6.45) is 4.50. The Hall–Kier alpha value is -2.84. The quantitative estimate of drug-likeness (QED) is 0.551. The highest BCUT2D eigenvalue weighted by Gasteiger charge is 2.21. The number of sulfone groups is 1. The molecule has 0 saturated heterocycles. The molecule has 5 nitrogen and oxygen atoms in total. The number of H-pyrrole nitrogens is 1. The first-order valence-electron chi connectivity index (χ1n) is 7.98. The predicted molar refractivity (Wildman–Crippen MR) is 104 cm³/mol. The highest BCUT2D eigenvalue weighted by molar-refractivity contribution is 7.91. The van der Waals surface area contributed by atoms with Gasteiger partial charge >= 0.3 is 0 Å². The Balaban J connectivity index is 1.94. The van der Waals surface area contributed by atoms with E-state index in [0.29, 0.717) is 22.1 Å². The van der Waals surface area contributed by atoms with Crippen LogP contribution in [0.2, 0.25) is 0 Å². The molecule has 0 aliphatic heterocycles. The second kappa shape index (κ2) is 6.71. The standard InChI is InChI=1S/C19H14FN3O2S2/c1-27(24,25)15-8-11-26-18(15)19-22-16(12-2-4-14(20)5-3-12)17(23-19)13-6-9-21-10-7-13/h2-11H,1H3,(H,22,23). The normalized spacial score (nSPS) is 11.6. The molecule has 0 unspecified atom stereocenters. The van der Waals surface area contributed by atoms with Crippen molar-refractivity contribution in [3.63, 3.8) is 0 Å². The lowest BCUT2D eigenvalue weighted by atomic mass is 10.1. The zero-order chi connectivity index (χ0) is 19.0. The van der Waals surface area contributed by atoms with E-state index in [2.05, 4.69) is 15.0 Å². The van der Waals surface area contributed by atoms with Gasteiger partial charge in [-0.15, -0.1) is 11.3 Å². The van der Waals surface area contributed by atoms with Crippen LogP contribution in [0.15, 0.2) is 65.1 Å². The summed E-state index contributed by atoms with van der Waals surface area (Å²) in [5, 5.41) is 1.72. The van der Waals surface area contributed by atoms with Crippen LogP contribution in [-0.2, 0) is 9.84 Å². The van der Waals surface area contributed by atoms with E-state index in [9.17, 15) is 12.8 Å². The summed E-state index contributed by atoms with van der Waals surface area (Å²) in [6, 6.07) is 11.3. The number of hydrogen-bond donors (Lipinski definition) is 1. The molecule has 0 radical (unpaired) electrons. The number of thiophene rings is 1. The van der Waals surface area contributed by atoms with Crippen LogP contribution in [0.3, 0.4) is 0 Å². The summed E-state index contributed by atoms with van der Waals surface area (Å²) < 4.78 is 37.5. The lowest BCUT2D eigenvalue weighted by molar-refractivity contribution is 0.602. The van der Waals surface area contributed by atoms with Crippen molar-refractivity contribution in [1.29, 1.82) is 0 Å². The first-order valence-corrected chi connectivity index (χ1v) is 10.7.